The van der Waals surface area contributed by atoms with E-state index in [1.807, 2.05) is 0 Å². The summed E-state index contributed by atoms with van der Waals surface area (Å²) >= 11 is 8.65. The molecule has 0 aromatic heterocycles. The van der Waals surface area contributed by atoms with Crippen molar-refractivity contribution in [1.29, 1.82) is 0 Å². The van der Waals surface area contributed by atoms with Crippen LogP contribution in [0, 0.1) is 5.82 Å². The van der Waals surface area contributed by atoms with E-state index in [0.717, 1.165) is 6.07 Å². The van der Waals surface area contributed by atoms with Crippen LogP contribution in [0.15, 0.2) is 16.6 Å². The van der Waals surface area contributed by atoms with Gasteiger partial charge in [0.1, 0.15) is 5.82 Å². The Labute approximate surface area is 81.6 Å². The van der Waals surface area contributed by atoms with Crippen LogP contribution in [-0.4, -0.2) is 5.91 Å². The fourth-order valence-electron chi connectivity index (χ4n) is 0.753. The van der Waals surface area contributed by atoms with Gasteiger partial charge in [0, 0.05) is 4.47 Å². The van der Waals surface area contributed by atoms with E-state index >= 15 is 0 Å². The molecule has 0 aliphatic carbocycles. The van der Waals surface area contributed by atoms with Gasteiger partial charge in [-0.2, -0.15) is 0 Å². The number of nitrogens with two attached hydrogens (primary N) is 1. The van der Waals surface area contributed by atoms with E-state index in [1.165, 1.54) is 6.07 Å². The first-order chi connectivity index (χ1) is 5.54. The molecule has 0 aliphatic rings. The van der Waals surface area contributed by atoms with Gasteiger partial charge in [-0.15, -0.1) is 0 Å². The number of amides is 1. The monoisotopic (exact) mass is 251 g/mol. The van der Waals surface area contributed by atoms with Crippen LogP contribution in [-0.2, 0) is 0 Å². The summed E-state index contributed by atoms with van der Waals surface area (Å²) in [5.41, 5.74) is 4.61. The first kappa shape index (κ1) is 9.48. The number of hydrogen-bond donors (Lipinski definition) is 1. The Balaban J connectivity index is 3.43. The highest BCUT2D eigenvalue weighted by Gasteiger charge is 2.14. The number of carbonyl (C=O) groups excluding carboxylic acids is 1. The van der Waals surface area contributed by atoms with Gasteiger partial charge >= 0.3 is 0 Å². The average molecular weight is 252 g/mol. The van der Waals surface area contributed by atoms with E-state index in [1.54, 1.807) is 0 Å². The molecule has 0 spiro atoms. The zero-order valence-electron chi connectivity index (χ0n) is 5.77. The zero-order chi connectivity index (χ0) is 9.30. The van der Waals surface area contributed by atoms with Gasteiger partial charge in [0.2, 0.25) is 0 Å². The van der Waals surface area contributed by atoms with Crippen LogP contribution in [0.5, 0.6) is 0 Å². The third kappa shape index (κ3) is 1.59. The van der Waals surface area contributed by atoms with Crippen molar-refractivity contribution in [3.8, 4) is 0 Å². The highest BCUT2D eigenvalue weighted by Crippen LogP contribution is 2.27. The molecule has 0 fully saturated rings. The quantitative estimate of drug-likeness (QED) is 0.766. The van der Waals surface area contributed by atoms with Gasteiger partial charge in [-0.1, -0.05) is 11.6 Å². The van der Waals surface area contributed by atoms with Gasteiger partial charge in [-0.3, -0.25) is 4.79 Å². The van der Waals surface area contributed by atoms with E-state index in [4.69, 9.17) is 17.3 Å². The highest BCUT2D eigenvalue weighted by molar-refractivity contribution is 9.10. The number of hydrogen-bond acceptors (Lipinski definition) is 1. The zero-order valence-corrected chi connectivity index (χ0v) is 8.12. The highest BCUT2D eigenvalue weighted by atomic mass is 79.9. The number of rotatable bonds is 1. The molecule has 0 atom stereocenters. The molecule has 0 saturated heterocycles. The Morgan fingerprint density at radius 2 is 2.17 bits per heavy atom. The SMILES string of the molecule is NC(=O)c1c(F)ccc(Br)c1Cl. The third-order valence-corrected chi connectivity index (χ3v) is 2.57. The van der Waals surface area contributed by atoms with Crippen LogP contribution in [0.3, 0.4) is 0 Å². The van der Waals surface area contributed by atoms with E-state index < -0.39 is 11.7 Å². The number of carbonyl (C=O) groups is 1. The minimum Gasteiger partial charge on any atom is -0.365 e. The number of primary amides is 1. The van der Waals surface area contributed by atoms with Crippen molar-refractivity contribution in [3.63, 3.8) is 0 Å². The Hall–Kier alpha value is -0.610. The topological polar surface area (TPSA) is 43.1 Å². The molecule has 2 nitrogen and oxygen atoms in total. The Morgan fingerprint density at radius 1 is 1.58 bits per heavy atom. The van der Waals surface area contributed by atoms with Gasteiger partial charge in [0.05, 0.1) is 10.6 Å². The fraction of sp³-hybridized carbons (Fsp3) is 0. The summed E-state index contributed by atoms with van der Waals surface area (Å²) in [5.74, 6) is -1.59. The predicted molar refractivity (Wildman–Crippen MR) is 47.6 cm³/mol. The van der Waals surface area contributed by atoms with Crippen LogP contribution >= 0.6 is 27.5 Å². The summed E-state index contributed by atoms with van der Waals surface area (Å²) in [5, 5.41) is 0.00231. The predicted octanol–water partition coefficient (Wildman–Crippen LogP) is 2.34. The lowest BCUT2D eigenvalue weighted by Crippen LogP contribution is -2.13. The molecule has 64 valence electrons. The van der Waals surface area contributed by atoms with Crippen LogP contribution < -0.4 is 5.73 Å². The second-order valence-electron chi connectivity index (χ2n) is 2.08. The van der Waals surface area contributed by atoms with Crippen molar-refractivity contribution in [2.24, 2.45) is 5.73 Å². The van der Waals surface area contributed by atoms with Crippen molar-refractivity contribution >= 4 is 33.4 Å². The second-order valence-corrected chi connectivity index (χ2v) is 3.31. The standard InChI is InChI=1S/C7H4BrClFNO/c8-3-1-2-4(10)5(6(3)9)7(11)12/h1-2H,(H2,11,12). The van der Waals surface area contributed by atoms with Gasteiger partial charge in [-0.25, -0.2) is 4.39 Å². The van der Waals surface area contributed by atoms with Crippen molar-refractivity contribution in [2.75, 3.05) is 0 Å². The fourth-order valence-corrected chi connectivity index (χ4v) is 1.33. The van der Waals surface area contributed by atoms with E-state index in [9.17, 15) is 9.18 Å². The molecule has 0 radical (unpaired) electrons. The molecule has 1 aromatic carbocycles. The molecule has 2 N–H and O–H groups in total. The Kier molecular flexibility index (Phi) is 2.69. The molecular weight excluding hydrogens is 248 g/mol. The lowest BCUT2D eigenvalue weighted by atomic mass is 10.2. The first-order valence-electron chi connectivity index (χ1n) is 2.97. The van der Waals surface area contributed by atoms with Crippen LogP contribution in [0.25, 0.3) is 0 Å². The number of benzene rings is 1. The normalized spacial score (nSPS) is 9.92. The Morgan fingerprint density at radius 3 is 2.58 bits per heavy atom. The molecule has 0 unspecified atom stereocenters. The van der Waals surface area contributed by atoms with E-state index in [2.05, 4.69) is 15.9 Å². The van der Waals surface area contributed by atoms with Crippen molar-refractivity contribution < 1.29 is 9.18 Å². The lowest BCUT2D eigenvalue weighted by Gasteiger charge is -2.02. The maximum Gasteiger partial charge on any atom is 0.253 e. The summed E-state index contributed by atoms with van der Waals surface area (Å²) in [6.45, 7) is 0. The second kappa shape index (κ2) is 3.41. The summed E-state index contributed by atoms with van der Waals surface area (Å²) in [7, 11) is 0. The summed E-state index contributed by atoms with van der Waals surface area (Å²) in [4.78, 5) is 10.7. The average Bonchev–Trinajstić information content (AvgIpc) is 1.97. The van der Waals surface area contributed by atoms with Gasteiger partial charge < -0.3 is 5.73 Å². The van der Waals surface area contributed by atoms with Crippen LogP contribution in [0.2, 0.25) is 5.02 Å². The molecule has 5 heteroatoms. The maximum atomic E-state index is 12.9. The summed E-state index contributed by atoms with van der Waals surface area (Å²) < 4.78 is 13.3. The summed E-state index contributed by atoms with van der Waals surface area (Å²) in [6, 6.07) is 2.53. The molecule has 0 bridgehead atoms. The molecule has 12 heavy (non-hydrogen) atoms. The molecular formula is C7H4BrClFNO. The lowest BCUT2D eigenvalue weighted by molar-refractivity contribution is 0.0996. The molecule has 0 aliphatic heterocycles. The van der Waals surface area contributed by atoms with Crippen LogP contribution in [0.1, 0.15) is 10.4 Å². The van der Waals surface area contributed by atoms with Gasteiger partial charge in [-0.05, 0) is 28.1 Å². The van der Waals surface area contributed by atoms with Gasteiger partial charge in [0.15, 0.2) is 0 Å². The largest absolute Gasteiger partial charge is 0.365 e. The number of halogens is 3. The van der Waals surface area contributed by atoms with E-state index in [0.29, 0.717) is 4.47 Å². The first-order valence-corrected chi connectivity index (χ1v) is 4.14. The van der Waals surface area contributed by atoms with Crippen molar-refractivity contribution in [3.05, 3.63) is 33.0 Å². The Bertz CT molecular complexity index is 342. The minimum atomic E-state index is -0.876. The molecule has 1 aromatic rings. The molecule has 1 amide bonds. The van der Waals surface area contributed by atoms with Gasteiger partial charge in [0.25, 0.3) is 5.91 Å². The van der Waals surface area contributed by atoms with Crippen molar-refractivity contribution in [2.45, 2.75) is 0 Å². The minimum absolute atomic E-state index is 0.00231. The third-order valence-electron chi connectivity index (χ3n) is 1.29. The molecule has 0 heterocycles. The summed E-state index contributed by atoms with van der Waals surface area (Å²) in [6.07, 6.45) is 0. The van der Waals surface area contributed by atoms with Crippen LogP contribution in [0.4, 0.5) is 4.39 Å². The van der Waals surface area contributed by atoms with Crippen molar-refractivity contribution in [1.82, 2.24) is 0 Å². The smallest absolute Gasteiger partial charge is 0.253 e. The maximum absolute atomic E-state index is 12.9. The van der Waals surface area contributed by atoms with E-state index in [-0.39, 0.29) is 10.6 Å². The molecule has 0 saturated carbocycles. The molecule has 1 rings (SSSR count).